The normalized spacial score (nSPS) is 9.89. The third-order valence-corrected chi connectivity index (χ3v) is 2.95. The predicted octanol–water partition coefficient (Wildman–Crippen LogP) is 3.96. The molecule has 0 fully saturated rings. The van der Waals surface area contributed by atoms with Crippen LogP contribution in [0, 0.1) is 24.1 Å². The highest BCUT2D eigenvalue weighted by molar-refractivity contribution is 9.10. The number of ether oxygens (including phenoxy) is 1. The lowest BCUT2D eigenvalue weighted by atomic mass is 10.2. The maximum atomic E-state index is 13.1. The van der Waals surface area contributed by atoms with E-state index in [4.69, 9.17) is 10.00 Å². The minimum Gasteiger partial charge on any atom is -0.438 e. The molecule has 0 aliphatic heterocycles. The maximum absolute atomic E-state index is 13.1. The molecule has 0 saturated carbocycles. The van der Waals surface area contributed by atoms with E-state index in [-0.39, 0.29) is 11.7 Å². The molecule has 2 rings (SSSR count). The molecule has 0 saturated heterocycles. The summed E-state index contributed by atoms with van der Waals surface area (Å²) in [5.41, 5.74) is 1.15. The fourth-order valence-electron chi connectivity index (χ4n) is 1.40. The first-order chi connectivity index (χ1) is 8.61. The Morgan fingerprint density at radius 3 is 2.83 bits per heavy atom. The number of hydrogen-bond acceptors (Lipinski definition) is 3. The van der Waals surface area contributed by atoms with Crippen LogP contribution in [0.25, 0.3) is 0 Å². The van der Waals surface area contributed by atoms with Crippen LogP contribution in [0.4, 0.5) is 4.39 Å². The van der Waals surface area contributed by atoms with Gasteiger partial charge in [-0.25, -0.2) is 9.37 Å². The topological polar surface area (TPSA) is 45.9 Å². The van der Waals surface area contributed by atoms with Crippen molar-refractivity contribution >= 4 is 15.9 Å². The molecule has 0 N–H and O–H groups in total. The zero-order valence-corrected chi connectivity index (χ0v) is 11.0. The van der Waals surface area contributed by atoms with E-state index >= 15 is 0 Å². The second kappa shape index (κ2) is 5.15. The first-order valence-electron chi connectivity index (χ1n) is 5.10. The third kappa shape index (κ3) is 2.49. The first kappa shape index (κ1) is 12.5. The SMILES string of the molecule is Cc1ccnc(Oc2ccc(F)c(Br)c2)c1C#N. The van der Waals surface area contributed by atoms with Gasteiger partial charge in [0, 0.05) is 6.20 Å². The number of rotatable bonds is 2. The summed E-state index contributed by atoms with van der Waals surface area (Å²) >= 11 is 3.07. The summed E-state index contributed by atoms with van der Waals surface area (Å²) in [4.78, 5) is 4.00. The molecule has 1 heterocycles. The van der Waals surface area contributed by atoms with Gasteiger partial charge < -0.3 is 4.74 Å². The zero-order valence-electron chi connectivity index (χ0n) is 9.45. The Bertz CT molecular complexity index is 637. The largest absolute Gasteiger partial charge is 0.438 e. The van der Waals surface area contributed by atoms with E-state index in [0.29, 0.717) is 15.8 Å². The molecule has 0 radical (unpaired) electrons. The van der Waals surface area contributed by atoms with Gasteiger partial charge in [0.1, 0.15) is 23.2 Å². The van der Waals surface area contributed by atoms with Crippen LogP contribution in [0.2, 0.25) is 0 Å². The van der Waals surface area contributed by atoms with Gasteiger partial charge in [-0.2, -0.15) is 5.26 Å². The standard InChI is InChI=1S/C13H8BrFN2O/c1-8-4-5-17-13(10(8)7-16)18-9-2-3-12(15)11(14)6-9/h2-6H,1H3. The Balaban J connectivity index is 2.37. The van der Waals surface area contributed by atoms with E-state index in [2.05, 4.69) is 20.9 Å². The molecule has 3 nitrogen and oxygen atoms in total. The number of hydrogen-bond donors (Lipinski definition) is 0. The fraction of sp³-hybridized carbons (Fsp3) is 0.0769. The van der Waals surface area contributed by atoms with Crippen molar-refractivity contribution in [1.82, 2.24) is 4.98 Å². The molecular weight excluding hydrogens is 299 g/mol. The van der Waals surface area contributed by atoms with E-state index in [1.54, 1.807) is 19.2 Å². The lowest BCUT2D eigenvalue weighted by molar-refractivity contribution is 0.458. The van der Waals surface area contributed by atoms with Gasteiger partial charge in [0.2, 0.25) is 5.88 Å². The molecule has 0 bridgehead atoms. The second-order valence-electron chi connectivity index (χ2n) is 3.60. The quantitative estimate of drug-likeness (QED) is 0.843. The van der Waals surface area contributed by atoms with Crippen LogP contribution in [0.3, 0.4) is 0 Å². The van der Waals surface area contributed by atoms with Gasteiger partial charge in [0.15, 0.2) is 0 Å². The Morgan fingerprint density at radius 2 is 2.17 bits per heavy atom. The van der Waals surface area contributed by atoms with Crippen LogP contribution in [0.15, 0.2) is 34.9 Å². The van der Waals surface area contributed by atoms with Gasteiger partial charge in [-0.3, -0.25) is 0 Å². The first-order valence-corrected chi connectivity index (χ1v) is 5.89. The van der Waals surface area contributed by atoms with Crippen molar-refractivity contribution in [2.75, 3.05) is 0 Å². The van der Waals surface area contributed by atoms with Crippen molar-refractivity contribution in [2.45, 2.75) is 6.92 Å². The third-order valence-electron chi connectivity index (χ3n) is 2.34. The Labute approximate surface area is 112 Å². The van der Waals surface area contributed by atoms with Crippen molar-refractivity contribution in [3.63, 3.8) is 0 Å². The summed E-state index contributed by atoms with van der Waals surface area (Å²) in [5.74, 6) is 0.258. The van der Waals surface area contributed by atoms with Crippen LogP contribution in [-0.4, -0.2) is 4.98 Å². The smallest absolute Gasteiger partial charge is 0.237 e. The summed E-state index contributed by atoms with van der Waals surface area (Å²) in [5, 5.41) is 9.04. The summed E-state index contributed by atoms with van der Waals surface area (Å²) in [6, 6.07) is 8.01. The zero-order chi connectivity index (χ0) is 13.1. The number of pyridine rings is 1. The van der Waals surface area contributed by atoms with Gasteiger partial charge in [0.25, 0.3) is 0 Å². The van der Waals surface area contributed by atoms with E-state index in [9.17, 15) is 4.39 Å². The Kier molecular flexibility index (Phi) is 3.58. The molecule has 0 atom stereocenters. The number of aromatic nitrogens is 1. The molecule has 5 heteroatoms. The van der Waals surface area contributed by atoms with Crippen LogP contribution >= 0.6 is 15.9 Å². The highest BCUT2D eigenvalue weighted by atomic mass is 79.9. The van der Waals surface area contributed by atoms with E-state index < -0.39 is 0 Å². The second-order valence-corrected chi connectivity index (χ2v) is 4.45. The van der Waals surface area contributed by atoms with Gasteiger partial charge in [-0.15, -0.1) is 0 Å². The number of aryl methyl sites for hydroxylation is 1. The van der Waals surface area contributed by atoms with Gasteiger partial charge in [-0.05, 0) is 52.7 Å². The lowest BCUT2D eigenvalue weighted by Gasteiger charge is -2.08. The summed E-state index contributed by atoms with van der Waals surface area (Å²) in [6.07, 6.45) is 1.56. The highest BCUT2D eigenvalue weighted by Gasteiger charge is 2.10. The molecule has 2 aromatic rings. The molecule has 18 heavy (non-hydrogen) atoms. The average Bonchev–Trinajstić information content (AvgIpc) is 2.34. The van der Waals surface area contributed by atoms with E-state index in [0.717, 1.165) is 5.56 Å². The molecule has 0 spiro atoms. The molecule has 0 aliphatic rings. The van der Waals surface area contributed by atoms with Crippen molar-refractivity contribution in [1.29, 1.82) is 5.26 Å². The van der Waals surface area contributed by atoms with E-state index in [1.807, 2.05) is 6.07 Å². The van der Waals surface area contributed by atoms with Crippen molar-refractivity contribution < 1.29 is 9.13 Å². The molecular formula is C13H8BrFN2O. The number of nitriles is 1. The van der Waals surface area contributed by atoms with Crippen LogP contribution < -0.4 is 4.74 Å². The van der Waals surface area contributed by atoms with Crippen LogP contribution in [0.5, 0.6) is 11.6 Å². The minimum absolute atomic E-state index is 0.219. The number of benzene rings is 1. The predicted molar refractivity (Wildman–Crippen MR) is 67.9 cm³/mol. The lowest BCUT2D eigenvalue weighted by Crippen LogP contribution is -1.94. The van der Waals surface area contributed by atoms with E-state index in [1.165, 1.54) is 18.2 Å². The number of nitrogens with zero attached hydrogens (tertiary/aromatic N) is 2. The monoisotopic (exact) mass is 306 g/mol. The highest BCUT2D eigenvalue weighted by Crippen LogP contribution is 2.27. The molecule has 90 valence electrons. The molecule has 0 aliphatic carbocycles. The maximum Gasteiger partial charge on any atom is 0.237 e. The van der Waals surface area contributed by atoms with Gasteiger partial charge >= 0.3 is 0 Å². The summed E-state index contributed by atoms with van der Waals surface area (Å²) in [6.45, 7) is 1.80. The van der Waals surface area contributed by atoms with Crippen LogP contribution in [-0.2, 0) is 0 Å². The van der Waals surface area contributed by atoms with Crippen molar-refractivity contribution in [3.8, 4) is 17.7 Å². The number of halogens is 2. The Hall–Kier alpha value is -1.93. The molecule has 0 unspecified atom stereocenters. The summed E-state index contributed by atoms with van der Waals surface area (Å²) < 4.78 is 18.9. The van der Waals surface area contributed by atoms with Gasteiger partial charge in [-0.1, -0.05) is 0 Å². The fourth-order valence-corrected chi connectivity index (χ4v) is 1.76. The summed E-state index contributed by atoms with van der Waals surface area (Å²) in [7, 11) is 0. The average molecular weight is 307 g/mol. The Morgan fingerprint density at radius 1 is 1.39 bits per heavy atom. The molecule has 1 aromatic heterocycles. The van der Waals surface area contributed by atoms with Gasteiger partial charge in [0.05, 0.1) is 4.47 Å². The van der Waals surface area contributed by atoms with Crippen molar-refractivity contribution in [2.24, 2.45) is 0 Å². The van der Waals surface area contributed by atoms with Crippen molar-refractivity contribution in [3.05, 3.63) is 51.9 Å². The molecule has 1 aromatic carbocycles. The molecule has 0 amide bonds. The van der Waals surface area contributed by atoms with Crippen LogP contribution in [0.1, 0.15) is 11.1 Å². The minimum atomic E-state index is -0.375.